The van der Waals surface area contributed by atoms with Crippen molar-refractivity contribution in [1.29, 1.82) is 0 Å². The minimum absolute atomic E-state index is 0.209. The molecule has 2 aromatic carbocycles. The third-order valence-corrected chi connectivity index (χ3v) is 8.76. The molecule has 2 heterocycles. The third kappa shape index (κ3) is 7.34. The summed E-state index contributed by atoms with van der Waals surface area (Å²) in [5, 5.41) is 7.70. The van der Waals surface area contributed by atoms with Crippen LogP contribution in [0.15, 0.2) is 36.9 Å². The number of aryl methyl sites for hydroxylation is 1. The maximum absolute atomic E-state index is 15.3. The van der Waals surface area contributed by atoms with Crippen LogP contribution < -0.4 is 4.74 Å². The topological polar surface area (TPSA) is 53.0 Å². The number of hydrogen-bond acceptors (Lipinski definition) is 4. The van der Waals surface area contributed by atoms with E-state index in [0.29, 0.717) is 36.1 Å². The molecular formula is C32H42ClFN2O3. The van der Waals surface area contributed by atoms with Gasteiger partial charge < -0.3 is 14.7 Å². The van der Waals surface area contributed by atoms with Crippen LogP contribution in [0.2, 0.25) is 5.02 Å². The summed E-state index contributed by atoms with van der Waals surface area (Å²) >= 11 is 6.30. The number of ether oxygens (including phenoxy) is 1. The first-order valence-electron chi connectivity index (χ1n) is 14.2. The van der Waals surface area contributed by atoms with Crippen LogP contribution in [0.1, 0.15) is 86.6 Å². The molecular weight excluding hydrogens is 515 g/mol. The van der Waals surface area contributed by atoms with Gasteiger partial charge in [0.25, 0.3) is 6.47 Å². The summed E-state index contributed by atoms with van der Waals surface area (Å²) in [6.07, 6.45) is 6.79. The van der Waals surface area contributed by atoms with Crippen molar-refractivity contribution in [3.63, 3.8) is 0 Å². The van der Waals surface area contributed by atoms with Crippen LogP contribution >= 0.6 is 11.6 Å². The van der Waals surface area contributed by atoms with Gasteiger partial charge in [-0.15, -0.1) is 0 Å². The number of hydrogen-bond donors (Lipinski definition) is 1. The van der Waals surface area contributed by atoms with Crippen molar-refractivity contribution in [2.45, 2.75) is 77.3 Å². The zero-order valence-electron chi connectivity index (χ0n) is 23.5. The number of benzene rings is 2. The highest BCUT2D eigenvalue weighted by Crippen LogP contribution is 2.46. The van der Waals surface area contributed by atoms with E-state index in [0.717, 1.165) is 74.6 Å². The van der Waals surface area contributed by atoms with E-state index in [-0.39, 0.29) is 12.3 Å². The van der Waals surface area contributed by atoms with Crippen molar-refractivity contribution in [2.24, 2.45) is 5.92 Å². The molecule has 1 N–H and O–H groups in total. The minimum atomic E-state index is -0.250. The standard InChI is InChI=1S/C31H40ClFN2O.CH2O2/c1-20-14-26(16-27(32)15-20)22(3)34-12-9-24(10-13-34)19-36-31-18-30(33)28(17-29(31)25-7-8-25)23(4)35-11-5-6-21(35)2;2-1-3/h14-18,21-22,24-25H,4-13,19H2,1-3H3;1H,(H,2,3). The average molecular weight is 557 g/mol. The van der Waals surface area contributed by atoms with Crippen LogP contribution in [-0.2, 0) is 4.79 Å². The van der Waals surface area contributed by atoms with Gasteiger partial charge in [0.1, 0.15) is 11.6 Å². The highest BCUT2D eigenvalue weighted by molar-refractivity contribution is 6.30. The SMILES string of the molecule is C=C(c1cc(C2CC2)c(OCC2CCN(C(C)c3cc(C)cc(Cl)c3)CC2)cc1F)N1CCCC1C.O=CO. The summed E-state index contributed by atoms with van der Waals surface area (Å²) in [5.41, 5.74) is 5.13. The van der Waals surface area contributed by atoms with Crippen molar-refractivity contribution in [1.82, 2.24) is 9.80 Å². The molecule has 212 valence electrons. The van der Waals surface area contributed by atoms with E-state index >= 15 is 4.39 Å². The van der Waals surface area contributed by atoms with Crippen LogP contribution in [0, 0.1) is 18.7 Å². The van der Waals surface area contributed by atoms with Gasteiger partial charge >= 0.3 is 0 Å². The van der Waals surface area contributed by atoms with Crippen molar-refractivity contribution in [3.8, 4) is 5.75 Å². The molecule has 7 heteroatoms. The maximum atomic E-state index is 15.3. The van der Waals surface area contributed by atoms with Crippen LogP contribution in [-0.4, -0.2) is 53.7 Å². The second-order valence-corrected chi connectivity index (χ2v) is 11.8. The Labute approximate surface area is 237 Å². The molecule has 1 saturated carbocycles. The predicted octanol–water partition coefficient (Wildman–Crippen LogP) is 7.67. The molecule has 0 amide bonds. The zero-order chi connectivity index (χ0) is 28.1. The van der Waals surface area contributed by atoms with Gasteiger partial charge in [-0.1, -0.05) is 24.2 Å². The van der Waals surface area contributed by atoms with E-state index in [4.69, 9.17) is 26.2 Å². The number of carboxylic acid groups (broad SMARTS) is 1. The van der Waals surface area contributed by atoms with Gasteiger partial charge in [-0.2, -0.15) is 0 Å². The molecule has 2 saturated heterocycles. The summed E-state index contributed by atoms with van der Waals surface area (Å²) in [6, 6.07) is 10.8. The second-order valence-electron chi connectivity index (χ2n) is 11.4. The molecule has 1 aliphatic carbocycles. The fraction of sp³-hybridized carbons (Fsp3) is 0.531. The Morgan fingerprint density at radius 2 is 1.85 bits per heavy atom. The van der Waals surface area contributed by atoms with Crippen molar-refractivity contribution >= 4 is 23.8 Å². The number of rotatable bonds is 8. The maximum Gasteiger partial charge on any atom is 0.290 e. The Hall–Kier alpha value is -2.57. The molecule has 0 bridgehead atoms. The first kappa shape index (κ1) is 29.4. The Bertz CT molecular complexity index is 1140. The van der Waals surface area contributed by atoms with Crippen LogP contribution in [0.5, 0.6) is 5.75 Å². The van der Waals surface area contributed by atoms with E-state index in [1.165, 1.54) is 16.7 Å². The summed E-state index contributed by atoms with van der Waals surface area (Å²) in [6.45, 7) is 14.3. The number of carbonyl (C=O) groups is 1. The molecule has 2 aromatic rings. The van der Waals surface area contributed by atoms with Crippen molar-refractivity contribution < 1.29 is 19.0 Å². The Morgan fingerprint density at radius 3 is 2.44 bits per heavy atom. The van der Waals surface area contributed by atoms with Gasteiger partial charge in [0.05, 0.1) is 6.61 Å². The fourth-order valence-corrected chi connectivity index (χ4v) is 6.35. The molecule has 2 aliphatic heterocycles. The number of piperidine rings is 1. The molecule has 3 fully saturated rings. The zero-order valence-corrected chi connectivity index (χ0v) is 24.2. The van der Waals surface area contributed by atoms with Gasteiger partial charge in [0.15, 0.2) is 0 Å². The molecule has 5 rings (SSSR count). The molecule has 0 radical (unpaired) electrons. The lowest BCUT2D eigenvalue weighted by molar-refractivity contribution is -0.122. The van der Waals surface area contributed by atoms with E-state index in [1.807, 2.05) is 12.1 Å². The second kappa shape index (κ2) is 13.2. The first-order chi connectivity index (χ1) is 18.7. The Kier molecular flexibility index (Phi) is 9.95. The van der Waals surface area contributed by atoms with E-state index in [1.54, 1.807) is 6.07 Å². The fourth-order valence-electron chi connectivity index (χ4n) is 6.05. The molecule has 39 heavy (non-hydrogen) atoms. The first-order valence-corrected chi connectivity index (χ1v) is 14.6. The quantitative estimate of drug-likeness (QED) is 0.338. The summed E-state index contributed by atoms with van der Waals surface area (Å²) in [7, 11) is 0. The van der Waals surface area contributed by atoms with Crippen LogP contribution in [0.4, 0.5) is 4.39 Å². The largest absolute Gasteiger partial charge is 0.493 e. The molecule has 0 spiro atoms. The Balaban J connectivity index is 0.00000112. The summed E-state index contributed by atoms with van der Waals surface area (Å²) in [5.74, 6) is 1.52. The van der Waals surface area contributed by atoms with Gasteiger partial charge in [-0.05, 0) is 119 Å². The normalized spacial score (nSPS) is 20.7. The number of nitrogens with zero attached hydrogens (tertiary/aromatic N) is 2. The van der Waals surface area contributed by atoms with E-state index < -0.39 is 0 Å². The molecule has 3 aliphatic rings. The van der Waals surface area contributed by atoms with Crippen LogP contribution in [0.3, 0.4) is 0 Å². The van der Waals surface area contributed by atoms with Gasteiger partial charge in [-0.25, -0.2) is 4.39 Å². The smallest absolute Gasteiger partial charge is 0.290 e. The lowest BCUT2D eigenvalue weighted by Crippen LogP contribution is -2.37. The lowest BCUT2D eigenvalue weighted by atomic mass is 9.95. The van der Waals surface area contributed by atoms with Crippen molar-refractivity contribution in [2.75, 3.05) is 26.2 Å². The van der Waals surface area contributed by atoms with Crippen LogP contribution in [0.25, 0.3) is 5.70 Å². The predicted molar refractivity (Wildman–Crippen MR) is 156 cm³/mol. The minimum Gasteiger partial charge on any atom is -0.493 e. The van der Waals surface area contributed by atoms with Crippen molar-refractivity contribution in [3.05, 3.63) is 70.0 Å². The number of halogens is 2. The monoisotopic (exact) mass is 556 g/mol. The van der Waals surface area contributed by atoms with Gasteiger partial charge in [0, 0.05) is 41.0 Å². The molecule has 2 atom stereocenters. The number of likely N-dealkylation sites (tertiary alicyclic amines) is 2. The molecule has 2 unspecified atom stereocenters. The average Bonchev–Trinajstić information content (AvgIpc) is 3.66. The highest BCUT2D eigenvalue weighted by Gasteiger charge is 2.31. The summed E-state index contributed by atoms with van der Waals surface area (Å²) < 4.78 is 21.6. The van der Waals surface area contributed by atoms with Gasteiger partial charge in [0.2, 0.25) is 0 Å². The highest BCUT2D eigenvalue weighted by atomic mass is 35.5. The lowest BCUT2D eigenvalue weighted by Gasteiger charge is -2.36. The van der Waals surface area contributed by atoms with E-state index in [2.05, 4.69) is 49.3 Å². The van der Waals surface area contributed by atoms with E-state index in [9.17, 15) is 0 Å². The third-order valence-electron chi connectivity index (χ3n) is 8.55. The molecule has 0 aromatic heterocycles. The van der Waals surface area contributed by atoms with Gasteiger partial charge in [-0.3, -0.25) is 9.69 Å². The molecule has 5 nitrogen and oxygen atoms in total. The summed E-state index contributed by atoms with van der Waals surface area (Å²) in [4.78, 5) is 13.2. The Morgan fingerprint density at radius 1 is 1.15 bits per heavy atom.